The first-order chi connectivity index (χ1) is 8.19. The maximum atomic E-state index is 11.9. The molecule has 1 heterocycles. The minimum atomic E-state index is -0.225. The van der Waals surface area contributed by atoms with Crippen molar-refractivity contribution < 1.29 is 14.3 Å². The Balaban J connectivity index is 2.00. The Kier molecular flexibility index (Phi) is 6.47. The van der Waals surface area contributed by atoms with Crippen molar-refractivity contribution in [3.8, 4) is 0 Å². The molecule has 1 amide bonds. The average molecular weight is 244 g/mol. The van der Waals surface area contributed by atoms with Gasteiger partial charge in [-0.3, -0.25) is 4.79 Å². The summed E-state index contributed by atoms with van der Waals surface area (Å²) in [6, 6.07) is 0. The standard InChI is InChI=1S/C12H24N2O3/c1-12(4-6-13-10-12)11(15)14-5-3-7-17-9-8-16-2/h13H,3-10H2,1-2H3,(H,14,15). The lowest BCUT2D eigenvalue weighted by Crippen LogP contribution is -2.40. The van der Waals surface area contributed by atoms with E-state index >= 15 is 0 Å². The highest BCUT2D eigenvalue weighted by Gasteiger charge is 2.35. The third-order valence-corrected chi connectivity index (χ3v) is 3.10. The molecule has 1 atom stereocenters. The number of methoxy groups -OCH3 is 1. The van der Waals surface area contributed by atoms with Gasteiger partial charge >= 0.3 is 0 Å². The second-order valence-electron chi connectivity index (χ2n) is 4.70. The van der Waals surface area contributed by atoms with Crippen molar-refractivity contribution in [2.45, 2.75) is 19.8 Å². The van der Waals surface area contributed by atoms with E-state index in [2.05, 4.69) is 10.6 Å². The minimum Gasteiger partial charge on any atom is -0.382 e. The first-order valence-corrected chi connectivity index (χ1v) is 6.25. The molecule has 17 heavy (non-hydrogen) atoms. The smallest absolute Gasteiger partial charge is 0.227 e. The van der Waals surface area contributed by atoms with E-state index in [0.717, 1.165) is 25.9 Å². The fraction of sp³-hybridized carbons (Fsp3) is 0.917. The van der Waals surface area contributed by atoms with Crippen LogP contribution >= 0.6 is 0 Å². The fourth-order valence-electron chi connectivity index (χ4n) is 1.84. The second kappa shape index (κ2) is 7.63. The van der Waals surface area contributed by atoms with Gasteiger partial charge in [-0.1, -0.05) is 0 Å². The van der Waals surface area contributed by atoms with Gasteiger partial charge in [0.15, 0.2) is 0 Å². The van der Waals surface area contributed by atoms with Crippen LogP contribution in [0.5, 0.6) is 0 Å². The molecule has 0 aromatic rings. The molecule has 0 aromatic carbocycles. The van der Waals surface area contributed by atoms with Gasteiger partial charge in [0.2, 0.25) is 5.91 Å². The van der Waals surface area contributed by atoms with E-state index in [9.17, 15) is 4.79 Å². The van der Waals surface area contributed by atoms with Crippen LogP contribution in [0, 0.1) is 5.41 Å². The van der Waals surface area contributed by atoms with Gasteiger partial charge in [-0.05, 0) is 26.3 Å². The molecule has 5 heteroatoms. The normalized spacial score (nSPS) is 23.9. The van der Waals surface area contributed by atoms with Crippen LogP contribution in [0.1, 0.15) is 19.8 Å². The monoisotopic (exact) mass is 244 g/mol. The van der Waals surface area contributed by atoms with Crippen LogP contribution in [-0.2, 0) is 14.3 Å². The minimum absolute atomic E-state index is 0.152. The Labute approximate surface area is 103 Å². The van der Waals surface area contributed by atoms with Gasteiger partial charge in [-0.2, -0.15) is 0 Å². The number of nitrogens with one attached hydrogen (secondary N) is 2. The van der Waals surface area contributed by atoms with Crippen LogP contribution in [0.2, 0.25) is 0 Å². The Morgan fingerprint density at radius 1 is 1.41 bits per heavy atom. The molecule has 0 bridgehead atoms. The molecule has 2 N–H and O–H groups in total. The first kappa shape index (κ1) is 14.4. The maximum absolute atomic E-state index is 11.9. The van der Waals surface area contributed by atoms with Gasteiger partial charge in [-0.25, -0.2) is 0 Å². The summed E-state index contributed by atoms with van der Waals surface area (Å²) in [7, 11) is 1.65. The van der Waals surface area contributed by atoms with E-state index in [1.807, 2.05) is 6.92 Å². The number of rotatable bonds is 8. The number of hydrogen-bond donors (Lipinski definition) is 2. The number of carbonyl (C=O) groups excluding carboxylic acids is 1. The summed E-state index contributed by atoms with van der Waals surface area (Å²) >= 11 is 0. The number of carbonyl (C=O) groups is 1. The second-order valence-corrected chi connectivity index (χ2v) is 4.70. The van der Waals surface area contributed by atoms with Crippen LogP contribution in [0.25, 0.3) is 0 Å². The van der Waals surface area contributed by atoms with Gasteiger partial charge < -0.3 is 20.1 Å². The lowest BCUT2D eigenvalue weighted by molar-refractivity contribution is -0.129. The predicted octanol–water partition coefficient (Wildman–Crippen LogP) is 0.155. The van der Waals surface area contributed by atoms with Crippen molar-refractivity contribution in [2.75, 3.05) is 46.6 Å². The van der Waals surface area contributed by atoms with E-state index in [4.69, 9.17) is 9.47 Å². The topological polar surface area (TPSA) is 59.6 Å². The Morgan fingerprint density at radius 3 is 2.88 bits per heavy atom. The molecule has 100 valence electrons. The van der Waals surface area contributed by atoms with Crippen molar-refractivity contribution >= 4 is 5.91 Å². The van der Waals surface area contributed by atoms with Crippen LogP contribution in [-0.4, -0.2) is 52.5 Å². The average Bonchev–Trinajstić information content (AvgIpc) is 2.76. The Morgan fingerprint density at radius 2 is 2.24 bits per heavy atom. The highest BCUT2D eigenvalue weighted by Crippen LogP contribution is 2.24. The Bertz CT molecular complexity index is 228. The molecular formula is C12H24N2O3. The molecular weight excluding hydrogens is 220 g/mol. The highest BCUT2D eigenvalue weighted by molar-refractivity contribution is 5.82. The van der Waals surface area contributed by atoms with Gasteiger partial charge in [0.1, 0.15) is 0 Å². The third kappa shape index (κ3) is 5.02. The number of hydrogen-bond acceptors (Lipinski definition) is 4. The van der Waals surface area contributed by atoms with Gasteiger partial charge in [-0.15, -0.1) is 0 Å². The molecule has 1 unspecified atom stereocenters. The summed E-state index contributed by atoms with van der Waals surface area (Å²) in [5.41, 5.74) is -0.225. The van der Waals surface area contributed by atoms with Gasteiger partial charge in [0.25, 0.3) is 0 Å². The van der Waals surface area contributed by atoms with Gasteiger partial charge in [0, 0.05) is 26.8 Å². The van der Waals surface area contributed by atoms with Crippen LogP contribution in [0.4, 0.5) is 0 Å². The lowest BCUT2D eigenvalue weighted by Gasteiger charge is -2.21. The van der Waals surface area contributed by atoms with E-state index in [0.29, 0.717) is 26.4 Å². The van der Waals surface area contributed by atoms with Crippen molar-refractivity contribution in [1.29, 1.82) is 0 Å². The largest absolute Gasteiger partial charge is 0.382 e. The highest BCUT2D eigenvalue weighted by atomic mass is 16.5. The lowest BCUT2D eigenvalue weighted by atomic mass is 9.89. The molecule has 1 fully saturated rings. The van der Waals surface area contributed by atoms with Gasteiger partial charge in [0.05, 0.1) is 18.6 Å². The quantitative estimate of drug-likeness (QED) is 0.597. The van der Waals surface area contributed by atoms with E-state index in [1.165, 1.54) is 0 Å². The fourth-order valence-corrected chi connectivity index (χ4v) is 1.84. The summed E-state index contributed by atoms with van der Waals surface area (Å²) in [4.78, 5) is 11.9. The third-order valence-electron chi connectivity index (χ3n) is 3.10. The Hall–Kier alpha value is -0.650. The van der Waals surface area contributed by atoms with E-state index in [-0.39, 0.29) is 11.3 Å². The van der Waals surface area contributed by atoms with Crippen LogP contribution in [0.15, 0.2) is 0 Å². The van der Waals surface area contributed by atoms with Crippen molar-refractivity contribution in [3.05, 3.63) is 0 Å². The molecule has 5 nitrogen and oxygen atoms in total. The SMILES string of the molecule is COCCOCCCNC(=O)C1(C)CCNC1. The summed E-state index contributed by atoms with van der Waals surface area (Å²) in [5.74, 6) is 0.152. The number of ether oxygens (including phenoxy) is 2. The molecule has 1 rings (SSSR count). The molecule has 1 aliphatic heterocycles. The molecule has 0 saturated carbocycles. The van der Waals surface area contributed by atoms with E-state index in [1.54, 1.807) is 7.11 Å². The molecule has 0 aromatic heterocycles. The van der Waals surface area contributed by atoms with Crippen molar-refractivity contribution in [3.63, 3.8) is 0 Å². The molecule has 1 saturated heterocycles. The van der Waals surface area contributed by atoms with Crippen LogP contribution < -0.4 is 10.6 Å². The van der Waals surface area contributed by atoms with Crippen molar-refractivity contribution in [2.24, 2.45) is 5.41 Å². The summed E-state index contributed by atoms with van der Waals surface area (Å²) < 4.78 is 10.2. The first-order valence-electron chi connectivity index (χ1n) is 6.25. The summed E-state index contributed by atoms with van der Waals surface area (Å²) in [5, 5.41) is 6.18. The molecule has 0 radical (unpaired) electrons. The maximum Gasteiger partial charge on any atom is 0.227 e. The summed E-state index contributed by atoms with van der Waals surface area (Å²) in [6.07, 6.45) is 1.77. The number of amides is 1. The van der Waals surface area contributed by atoms with E-state index < -0.39 is 0 Å². The van der Waals surface area contributed by atoms with Crippen molar-refractivity contribution in [1.82, 2.24) is 10.6 Å². The van der Waals surface area contributed by atoms with Crippen LogP contribution in [0.3, 0.4) is 0 Å². The summed E-state index contributed by atoms with van der Waals surface area (Å²) in [6.45, 7) is 6.31. The molecule has 0 aliphatic carbocycles. The predicted molar refractivity (Wildman–Crippen MR) is 65.9 cm³/mol. The zero-order valence-corrected chi connectivity index (χ0v) is 10.9. The zero-order valence-electron chi connectivity index (χ0n) is 10.9. The zero-order chi connectivity index (χ0) is 12.6. The molecule has 1 aliphatic rings. The molecule has 0 spiro atoms.